The second-order valence-corrected chi connectivity index (χ2v) is 3.47. The standard InChI is InChI=1S/C8H9N3OS/c1-9-5-7-10-8(12-11-7)6-3-2-4-13-6/h2-4,9H,5H2,1H3. The molecule has 2 aromatic heterocycles. The molecule has 0 aliphatic heterocycles. The van der Waals surface area contributed by atoms with Crippen molar-refractivity contribution in [3.05, 3.63) is 23.3 Å². The third kappa shape index (κ3) is 1.76. The van der Waals surface area contributed by atoms with Crippen molar-refractivity contribution in [2.45, 2.75) is 6.54 Å². The molecule has 0 radical (unpaired) electrons. The maximum Gasteiger partial charge on any atom is 0.268 e. The fraction of sp³-hybridized carbons (Fsp3) is 0.250. The van der Waals surface area contributed by atoms with Crippen LogP contribution in [0.2, 0.25) is 0 Å². The summed E-state index contributed by atoms with van der Waals surface area (Å²) in [7, 11) is 1.85. The van der Waals surface area contributed by atoms with E-state index in [-0.39, 0.29) is 0 Å². The molecule has 0 saturated carbocycles. The Balaban J connectivity index is 2.23. The van der Waals surface area contributed by atoms with Crippen LogP contribution in [0.15, 0.2) is 22.0 Å². The number of rotatable bonds is 3. The molecule has 0 aliphatic carbocycles. The summed E-state index contributed by atoms with van der Waals surface area (Å²) in [5, 5.41) is 8.76. The van der Waals surface area contributed by atoms with E-state index < -0.39 is 0 Å². The van der Waals surface area contributed by atoms with Gasteiger partial charge < -0.3 is 9.84 Å². The second kappa shape index (κ2) is 3.68. The van der Waals surface area contributed by atoms with Crippen molar-refractivity contribution in [1.82, 2.24) is 15.5 Å². The Morgan fingerprint density at radius 3 is 3.23 bits per heavy atom. The average molecular weight is 195 g/mol. The van der Waals surface area contributed by atoms with Crippen LogP contribution < -0.4 is 5.32 Å². The van der Waals surface area contributed by atoms with Crippen LogP contribution in [-0.4, -0.2) is 17.2 Å². The Bertz CT molecular complexity index is 368. The summed E-state index contributed by atoms with van der Waals surface area (Å²) in [4.78, 5) is 5.22. The second-order valence-electron chi connectivity index (χ2n) is 2.52. The predicted molar refractivity (Wildman–Crippen MR) is 50.4 cm³/mol. The van der Waals surface area contributed by atoms with Crippen LogP contribution in [0.25, 0.3) is 10.8 Å². The van der Waals surface area contributed by atoms with Gasteiger partial charge >= 0.3 is 0 Å². The zero-order valence-electron chi connectivity index (χ0n) is 7.15. The molecule has 0 saturated heterocycles. The molecule has 2 aromatic rings. The van der Waals surface area contributed by atoms with Gasteiger partial charge in [0.1, 0.15) is 0 Å². The molecule has 0 spiro atoms. The minimum absolute atomic E-state index is 0.597. The molecule has 0 amide bonds. The normalized spacial score (nSPS) is 10.5. The van der Waals surface area contributed by atoms with E-state index in [4.69, 9.17) is 4.52 Å². The molecule has 4 nitrogen and oxygen atoms in total. The van der Waals surface area contributed by atoms with E-state index in [9.17, 15) is 0 Å². The van der Waals surface area contributed by atoms with E-state index in [0.29, 0.717) is 18.3 Å². The molecule has 0 unspecified atom stereocenters. The molecule has 0 fully saturated rings. The average Bonchev–Trinajstić information content (AvgIpc) is 2.70. The molecule has 0 aliphatic rings. The molecular weight excluding hydrogens is 186 g/mol. The van der Waals surface area contributed by atoms with Gasteiger partial charge in [0, 0.05) is 0 Å². The minimum Gasteiger partial charge on any atom is -0.333 e. The fourth-order valence-corrected chi connectivity index (χ4v) is 1.63. The molecule has 5 heteroatoms. The number of nitrogens with one attached hydrogen (secondary N) is 1. The van der Waals surface area contributed by atoms with Gasteiger partial charge in [-0.3, -0.25) is 0 Å². The van der Waals surface area contributed by atoms with Crippen molar-refractivity contribution in [1.29, 1.82) is 0 Å². The summed E-state index contributed by atoms with van der Waals surface area (Å²) < 4.78 is 5.07. The lowest BCUT2D eigenvalue weighted by Gasteiger charge is -1.86. The molecule has 1 N–H and O–H groups in total. The highest BCUT2D eigenvalue weighted by Gasteiger charge is 2.07. The van der Waals surface area contributed by atoms with Crippen LogP contribution in [0.5, 0.6) is 0 Å². The van der Waals surface area contributed by atoms with Crippen molar-refractivity contribution < 1.29 is 4.52 Å². The first-order valence-electron chi connectivity index (χ1n) is 3.91. The summed E-state index contributed by atoms with van der Waals surface area (Å²) in [6.07, 6.45) is 0. The zero-order chi connectivity index (χ0) is 9.10. The summed E-state index contributed by atoms with van der Waals surface area (Å²) in [6.45, 7) is 0.634. The van der Waals surface area contributed by atoms with Gasteiger partial charge in [0.05, 0.1) is 11.4 Å². The van der Waals surface area contributed by atoms with Gasteiger partial charge in [-0.25, -0.2) is 0 Å². The maximum atomic E-state index is 5.07. The third-order valence-corrected chi connectivity index (χ3v) is 2.39. The molecule has 2 rings (SSSR count). The van der Waals surface area contributed by atoms with E-state index in [1.807, 2.05) is 24.6 Å². The Hall–Kier alpha value is -1.20. The molecule has 0 bridgehead atoms. The summed E-state index contributed by atoms with van der Waals surface area (Å²) >= 11 is 1.59. The van der Waals surface area contributed by atoms with Crippen LogP contribution in [0.3, 0.4) is 0 Å². The van der Waals surface area contributed by atoms with Gasteiger partial charge in [-0.15, -0.1) is 11.3 Å². The van der Waals surface area contributed by atoms with Gasteiger partial charge in [-0.1, -0.05) is 11.2 Å². The quantitative estimate of drug-likeness (QED) is 0.806. The van der Waals surface area contributed by atoms with Crippen LogP contribution in [0.4, 0.5) is 0 Å². The predicted octanol–water partition coefficient (Wildman–Crippen LogP) is 1.52. The van der Waals surface area contributed by atoms with Crippen molar-refractivity contribution in [3.8, 4) is 10.8 Å². The van der Waals surface area contributed by atoms with Crippen LogP contribution in [0, 0.1) is 0 Å². The lowest BCUT2D eigenvalue weighted by Crippen LogP contribution is -2.06. The smallest absolute Gasteiger partial charge is 0.268 e. The van der Waals surface area contributed by atoms with E-state index in [1.165, 1.54) is 0 Å². The highest BCUT2D eigenvalue weighted by atomic mass is 32.1. The van der Waals surface area contributed by atoms with E-state index in [1.54, 1.807) is 11.3 Å². The Labute approximate surface area is 79.6 Å². The van der Waals surface area contributed by atoms with Gasteiger partial charge in [-0.05, 0) is 18.5 Å². The molecule has 0 atom stereocenters. The monoisotopic (exact) mass is 195 g/mol. The number of hydrogen-bond acceptors (Lipinski definition) is 5. The SMILES string of the molecule is CNCc1noc(-c2cccs2)n1. The molecule has 0 aromatic carbocycles. The van der Waals surface area contributed by atoms with Crippen molar-refractivity contribution in [3.63, 3.8) is 0 Å². The van der Waals surface area contributed by atoms with Gasteiger partial charge in [-0.2, -0.15) is 4.98 Å². The lowest BCUT2D eigenvalue weighted by molar-refractivity contribution is 0.421. The summed E-state index contributed by atoms with van der Waals surface area (Å²) in [5.41, 5.74) is 0. The number of aromatic nitrogens is 2. The van der Waals surface area contributed by atoms with Crippen LogP contribution >= 0.6 is 11.3 Å². The summed E-state index contributed by atoms with van der Waals surface area (Å²) in [6, 6.07) is 3.92. The first-order chi connectivity index (χ1) is 6.40. The topological polar surface area (TPSA) is 51.0 Å². The number of nitrogens with zero attached hydrogens (tertiary/aromatic N) is 2. The first-order valence-corrected chi connectivity index (χ1v) is 4.79. The van der Waals surface area contributed by atoms with Crippen molar-refractivity contribution >= 4 is 11.3 Å². The number of thiophene rings is 1. The van der Waals surface area contributed by atoms with E-state index in [0.717, 1.165) is 4.88 Å². The fourth-order valence-electron chi connectivity index (χ4n) is 0.984. The van der Waals surface area contributed by atoms with Gasteiger partial charge in [0.15, 0.2) is 5.82 Å². The van der Waals surface area contributed by atoms with Crippen LogP contribution in [0.1, 0.15) is 5.82 Å². The van der Waals surface area contributed by atoms with E-state index in [2.05, 4.69) is 15.5 Å². The number of hydrogen-bond donors (Lipinski definition) is 1. The highest BCUT2D eigenvalue weighted by molar-refractivity contribution is 7.13. The molecule has 2 heterocycles. The van der Waals surface area contributed by atoms with Gasteiger partial charge in [0.2, 0.25) is 0 Å². The van der Waals surface area contributed by atoms with Crippen molar-refractivity contribution in [2.75, 3.05) is 7.05 Å². The Morgan fingerprint density at radius 1 is 1.62 bits per heavy atom. The van der Waals surface area contributed by atoms with E-state index >= 15 is 0 Å². The summed E-state index contributed by atoms with van der Waals surface area (Å²) in [5.74, 6) is 1.28. The molecular formula is C8H9N3OS. The lowest BCUT2D eigenvalue weighted by atomic mass is 10.5. The van der Waals surface area contributed by atoms with Crippen molar-refractivity contribution in [2.24, 2.45) is 0 Å². The molecule has 68 valence electrons. The Kier molecular flexibility index (Phi) is 2.37. The zero-order valence-corrected chi connectivity index (χ0v) is 7.97. The highest BCUT2D eigenvalue weighted by Crippen LogP contribution is 2.22. The Morgan fingerprint density at radius 2 is 2.54 bits per heavy atom. The third-order valence-electron chi connectivity index (χ3n) is 1.53. The first kappa shape index (κ1) is 8.40. The largest absolute Gasteiger partial charge is 0.333 e. The van der Waals surface area contributed by atoms with Crippen LogP contribution in [-0.2, 0) is 6.54 Å². The van der Waals surface area contributed by atoms with Gasteiger partial charge in [0.25, 0.3) is 5.89 Å². The molecule has 13 heavy (non-hydrogen) atoms. The maximum absolute atomic E-state index is 5.07. The minimum atomic E-state index is 0.597.